The summed E-state index contributed by atoms with van der Waals surface area (Å²) in [5.41, 5.74) is 3.78. The van der Waals surface area contributed by atoms with E-state index < -0.39 is 0 Å². The Morgan fingerprint density at radius 1 is 0.774 bits per heavy atom. The summed E-state index contributed by atoms with van der Waals surface area (Å²) in [5.74, 6) is 1.77. The first-order valence-corrected chi connectivity index (χ1v) is 11.0. The number of benzene rings is 3. The molecule has 0 N–H and O–H groups in total. The van der Waals surface area contributed by atoms with Crippen LogP contribution < -0.4 is 9.47 Å². The molecule has 0 bridgehead atoms. The summed E-state index contributed by atoms with van der Waals surface area (Å²) in [6.45, 7) is 3.84. The van der Waals surface area contributed by atoms with Crippen LogP contribution in [0, 0.1) is 0 Å². The molecule has 0 unspecified atom stereocenters. The standard InChI is InChI=1S/C26H29ClN2O2/c1-30-24-11-7-20(8-12-24)18-28-15-4-16-29(19-21-9-13-25(31-2)14-10-21)26(28)22-5-3-6-23(27)17-22/h3,5-14,17,26H,4,15-16,18-19H2,1-2H3. The predicted octanol–water partition coefficient (Wildman–Crippen LogP) is 5.76. The zero-order chi connectivity index (χ0) is 21.6. The van der Waals surface area contributed by atoms with Gasteiger partial charge >= 0.3 is 0 Å². The Balaban J connectivity index is 1.60. The van der Waals surface area contributed by atoms with Crippen LogP contribution in [0.1, 0.15) is 29.3 Å². The highest BCUT2D eigenvalue weighted by atomic mass is 35.5. The Morgan fingerprint density at radius 2 is 1.29 bits per heavy atom. The average Bonchev–Trinajstić information content (AvgIpc) is 2.80. The molecule has 3 aromatic rings. The summed E-state index contributed by atoms with van der Waals surface area (Å²) >= 11 is 6.38. The minimum Gasteiger partial charge on any atom is -0.497 e. The van der Waals surface area contributed by atoms with Crippen LogP contribution in [0.4, 0.5) is 0 Å². The summed E-state index contributed by atoms with van der Waals surface area (Å²) in [4.78, 5) is 5.08. The molecule has 1 heterocycles. The zero-order valence-electron chi connectivity index (χ0n) is 18.1. The van der Waals surface area contributed by atoms with E-state index in [0.29, 0.717) is 0 Å². The highest BCUT2D eigenvalue weighted by Gasteiger charge is 2.30. The summed E-state index contributed by atoms with van der Waals surface area (Å²) < 4.78 is 10.6. The Labute approximate surface area is 190 Å². The number of rotatable bonds is 7. The van der Waals surface area contributed by atoms with Crippen LogP contribution >= 0.6 is 11.6 Å². The molecule has 0 radical (unpaired) electrons. The molecule has 0 aromatic heterocycles. The van der Waals surface area contributed by atoms with Crippen molar-refractivity contribution in [2.24, 2.45) is 0 Å². The largest absolute Gasteiger partial charge is 0.497 e. The molecular weight excluding hydrogens is 408 g/mol. The van der Waals surface area contributed by atoms with Gasteiger partial charge < -0.3 is 9.47 Å². The fraction of sp³-hybridized carbons (Fsp3) is 0.308. The Kier molecular flexibility index (Phi) is 7.13. The van der Waals surface area contributed by atoms with Crippen molar-refractivity contribution in [3.05, 3.63) is 94.5 Å². The second kappa shape index (κ2) is 10.2. The second-order valence-corrected chi connectivity index (χ2v) is 8.36. The number of halogens is 1. The molecule has 1 saturated heterocycles. The summed E-state index contributed by atoms with van der Waals surface area (Å²) in [6, 6.07) is 25.0. The molecule has 162 valence electrons. The van der Waals surface area contributed by atoms with Crippen molar-refractivity contribution in [2.45, 2.75) is 25.7 Å². The van der Waals surface area contributed by atoms with Crippen LogP contribution in [0.5, 0.6) is 11.5 Å². The Morgan fingerprint density at radius 3 is 1.74 bits per heavy atom. The van der Waals surface area contributed by atoms with E-state index in [1.165, 1.54) is 16.7 Å². The first-order valence-electron chi connectivity index (χ1n) is 10.7. The molecule has 0 aliphatic carbocycles. The third-order valence-corrected chi connectivity index (χ3v) is 6.05. The van der Waals surface area contributed by atoms with Crippen LogP contribution in [0.2, 0.25) is 5.02 Å². The van der Waals surface area contributed by atoms with Gasteiger partial charge in [0.2, 0.25) is 0 Å². The SMILES string of the molecule is COc1ccc(CN2CCCN(Cc3ccc(OC)cc3)C2c2cccc(Cl)c2)cc1. The van der Waals surface area contributed by atoms with Gasteiger partial charge in [0.25, 0.3) is 0 Å². The van der Waals surface area contributed by atoms with Gasteiger partial charge in [-0.1, -0.05) is 48.0 Å². The lowest BCUT2D eigenvalue weighted by atomic mass is 10.0. The van der Waals surface area contributed by atoms with Gasteiger partial charge in [0.05, 0.1) is 20.4 Å². The van der Waals surface area contributed by atoms with E-state index >= 15 is 0 Å². The minimum absolute atomic E-state index is 0.164. The molecule has 4 nitrogen and oxygen atoms in total. The molecule has 1 fully saturated rings. The number of ether oxygens (including phenoxy) is 2. The first kappa shape index (κ1) is 21.7. The molecule has 0 atom stereocenters. The third kappa shape index (κ3) is 5.40. The Bertz CT molecular complexity index is 918. The molecular formula is C26H29ClN2O2. The lowest BCUT2D eigenvalue weighted by Crippen LogP contribution is -2.46. The molecule has 4 rings (SSSR count). The van der Waals surface area contributed by atoms with E-state index in [-0.39, 0.29) is 6.17 Å². The highest BCUT2D eigenvalue weighted by molar-refractivity contribution is 6.30. The van der Waals surface area contributed by atoms with E-state index in [1.807, 2.05) is 36.4 Å². The number of hydrogen-bond acceptors (Lipinski definition) is 4. The predicted molar refractivity (Wildman–Crippen MR) is 126 cm³/mol. The number of nitrogens with zero attached hydrogens (tertiary/aromatic N) is 2. The topological polar surface area (TPSA) is 24.9 Å². The summed E-state index contributed by atoms with van der Waals surface area (Å²) in [5, 5.41) is 0.775. The van der Waals surface area contributed by atoms with Crippen LogP contribution in [0.15, 0.2) is 72.8 Å². The molecule has 1 aliphatic heterocycles. The monoisotopic (exact) mass is 436 g/mol. The van der Waals surface area contributed by atoms with Gasteiger partial charge in [0.1, 0.15) is 11.5 Å². The van der Waals surface area contributed by atoms with Crippen molar-refractivity contribution in [1.82, 2.24) is 9.80 Å². The fourth-order valence-electron chi connectivity index (χ4n) is 4.30. The van der Waals surface area contributed by atoms with E-state index in [1.54, 1.807) is 14.2 Å². The van der Waals surface area contributed by atoms with Gasteiger partial charge in [-0.2, -0.15) is 0 Å². The normalized spacial score (nSPS) is 15.7. The average molecular weight is 437 g/mol. The van der Waals surface area contributed by atoms with E-state index in [0.717, 1.165) is 49.1 Å². The van der Waals surface area contributed by atoms with Gasteiger partial charge in [-0.3, -0.25) is 9.80 Å². The van der Waals surface area contributed by atoms with Crippen molar-refractivity contribution in [2.75, 3.05) is 27.3 Å². The number of methoxy groups -OCH3 is 2. The molecule has 0 spiro atoms. The third-order valence-electron chi connectivity index (χ3n) is 5.82. The maximum absolute atomic E-state index is 6.38. The van der Waals surface area contributed by atoms with Crippen molar-refractivity contribution in [3.8, 4) is 11.5 Å². The van der Waals surface area contributed by atoms with Crippen LogP contribution in [-0.2, 0) is 13.1 Å². The molecule has 3 aromatic carbocycles. The first-order chi connectivity index (χ1) is 15.2. The van der Waals surface area contributed by atoms with Crippen LogP contribution in [0.3, 0.4) is 0 Å². The van der Waals surface area contributed by atoms with Crippen LogP contribution in [-0.4, -0.2) is 37.1 Å². The minimum atomic E-state index is 0.164. The molecule has 31 heavy (non-hydrogen) atoms. The smallest absolute Gasteiger partial charge is 0.118 e. The van der Waals surface area contributed by atoms with Gasteiger partial charge in [-0.25, -0.2) is 0 Å². The van der Waals surface area contributed by atoms with Crippen molar-refractivity contribution in [1.29, 1.82) is 0 Å². The number of hydrogen-bond donors (Lipinski definition) is 0. The van der Waals surface area contributed by atoms with Gasteiger partial charge in [-0.15, -0.1) is 0 Å². The lowest BCUT2D eigenvalue weighted by Gasteiger charge is -2.44. The molecule has 0 saturated carbocycles. The van der Waals surface area contributed by atoms with Gasteiger partial charge in [0, 0.05) is 31.2 Å². The maximum Gasteiger partial charge on any atom is 0.118 e. The van der Waals surface area contributed by atoms with Gasteiger partial charge in [0.15, 0.2) is 0 Å². The maximum atomic E-state index is 6.38. The Hall–Kier alpha value is -2.53. The summed E-state index contributed by atoms with van der Waals surface area (Å²) in [7, 11) is 3.40. The molecule has 0 amide bonds. The summed E-state index contributed by atoms with van der Waals surface area (Å²) in [6.07, 6.45) is 1.29. The van der Waals surface area contributed by atoms with E-state index in [2.05, 4.69) is 46.2 Å². The van der Waals surface area contributed by atoms with Crippen molar-refractivity contribution in [3.63, 3.8) is 0 Å². The zero-order valence-corrected chi connectivity index (χ0v) is 18.9. The fourth-order valence-corrected chi connectivity index (χ4v) is 4.50. The van der Waals surface area contributed by atoms with E-state index in [9.17, 15) is 0 Å². The highest BCUT2D eigenvalue weighted by Crippen LogP contribution is 2.33. The molecule has 5 heteroatoms. The van der Waals surface area contributed by atoms with Crippen LogP contribution in [0.25, 0.3) is 0 Å². The molecule has 1 aliphatic rings. The second-order valence-electron chi connectivity index (χ2n) is 7.92. The van der Waals surface area contributed by atoms with Crippen molar-refractivity contribution < 1.29 is 9.47 Å². The van der Waals surface area contributed by atoms with Crippen molar-refractivity contribution >= 4 is 11.6 Å². The lowest BCUT2D eigenvalue weighted by molar-refractivity contribution is -0.00909. The van der Waals surface area contributed by atoms with Gasteiger partial charge in [-0.05, 0) is 59.5 Å². The quantitative estimate of drug-likeness (QED) is 0.469. The van der Waals surface area contributed by atoms with E-state index in [4.69, 9.17) is 21.1 Å².